The van der Waals surface area contributed by atoms with Crippen molar-refractivity contribution in [3.05, 3.63) is 23.3 Å². The first-order valence-corrected chi connectivity index (χ1v) is 5.20. The SMILES string of the molecule is COc1c(C(C)C(=O)O)ccc2c1OCC2. The molecule has 0 aliphatic carbocycles. The molecule has 0 aromatic heterocycles. The fraction of sp³-hybridized carbons (Fsp3) is 0.417. The molecular weight excluding hydrogens is 208 g/mol. The van der Waals surface area contributed by atoms with Gasteiger partial charge in [-0.25, -0.2) is 0 Å². The van der Waals surface area contributed by atoms with Gasteiger partial charge in [0.1, 0.15) is 0 Å². The summed E-state index contributed by atoms with van der Waals surface area (Å²) in [5.41, 5.74) is 1.74. The Morgan fingerprint density at radius 1 is 1.56 bits per heavy atom. The summed E-state index contributed by atoms with van der Waals surface area (Å²) < 4.78 is 10.7. The van der Waals surface area contributed by atoms with Crippen LogP contribution in [0.2, 0.25) is 0 Å². The Morgan fingerprint density at radius 3 is 2.94 bits per heavy atom. The number of carbonyl (C=O) groups is 1. The van der Waals surface area contributed by atoms with Crippen molar-refractivity contribution in [2.24, 2.45) is 0 Å². The molecule has 1 heterocycles. The van der Waals surface area contributed by atoms with Gasteiger partial charge in [0.2, 0.25) is 0 Å². The third-order valence-electron chi connectivity index (χ3n) is 2.88. The summed E-state index contributed by atoms with van der Waals surface area (Å²) in [4.78, 5) is 11.0. The quantitative estimate of drug-likeness (QED) is 0.847. The molecule has 16 heavy (non-hydrogen) atoms. The molecule has 1 N–H and O–H groups in total. The number of benzene rings is 1. The second-order valence-corrected chi connectivity index (χ2v) is 3.83. The molecule has 1 aliphatic heterocycles. The number of fused-ring (bicyclic) bond motifs is 1. The van der Waals surface area contributed by atoms with Crippen LogP contribution in [0.15, 0.2) is 12.1 Å². The first-order chi connectivity index (χ1) is 7.65. The Labute approximate surface area is 93.8 Å². The summed E-state index contributed by atoms with van der Waals surface area (Å²) in [6, 6.07) is 3.73. The zero-order valence-electron chi connectivity index (χ0n) is 9.32. The molecule has 1 aromatic carbocycles. The molecule has 4 nitrogen and oxygen atoms in total. The molecule has 0 spiro atoms. The van der Waals surface area contributed by atoms with Gasteiger partial charge in [-0.15, -0.1) is 0 Å². The zero-order chi connectivity index (χ0) is 11.7. The molecular formula is C12H14O4. The van der Waals surface area contributed by atoms with Gasteiger partial charge in [0, 0.05) is 17.5 Å². The number of aliphatic carboxylic acids is 1. The minimum atomic E-state index is -0.865. The summed E-state index contributed by atoms with van der Waals surface area (Å²) in [6.45, 7) is 2.28. The van der Waals surface area contributed by atoms with Gasteiger partial charge in [-0.3, -0.25) is 4.79 Å². The van der Waals surface area contributed by atoms with E-state index in [0.29, 0.717) is 23.7 Å². The molecule has 1 unspecified atom stereocenters. The Kier molecular flexibility index (Phi) is 2.73. The van der Waals surface area contributed by atoms with Crippen LogP contribution in [0.1, 0.15) is 24.0 Å². The molecule has 0 fully saturated rings. The number of hydrogen-bond acceptors (Lipinski definition) is 3. The van der Waals surface area contributed by atoms with E-state index in [4.69, 9.17) is 14.6 Å². The second-order valence-electron chi connectivity index (χ2n) is 3.83. The largest absolute Gasteiger partial charge is 0.493 e. The lowest BCUT2D eigenvalue weighted by molar-refractivity contribution is -0.138. The van der Waals surface area contributed by atoms with Crippen molar-refractivity contribution >= 4 is 5.97 Å². The molecule has 0 radical (unpaired) electrons. The first-order valence-electron chi connectivity index (χ1n) is 5.20. The van der Waals surface area contributed by atoms with Gasteiger partial charge in [0.05, 0.1) is 19.6 Å². The minimum Gasteiger partial charge on any atom is -0.493 e. The van der Waals surface area contributed by atoms with E-state index in [9.17, 15) is 4.79 Å². The number of methoxy groups -OCH3 is 1. The van der Waals surface area contributed by atoms with Crippen LogP contribution in [-0.2, 0) is 11.2 Å². The lowest BCUT2D eigenvalue weighted by Gasteiger charge is -2.15. The molecule has 0 amide bonds. The Hall–Kier alpha value is -1.71. The van der Waals surface area contributed by atoms with Crippen LogP contribution >= 0.6 is 0 Å². The van der Waals surface area contributed by atoms with E-state index in [1.807, 2.05) is 12.1 Å². The van der Waals surface area contributed by atoms with E-state index in [1.165, 1.54) is 7.11 Å². The lowest BCUT2D eigenvalue weighted by atomic mass is 9.97. The van der Waals surface area contributed by atoms with Gasteiger partial charge < -0.3 is 14.6 Å². The Morgan fingerprint density at radius 2 is 2.31 bits per heavy atom. The Balaban J connectivity index is 2.50. The van der Waals surface area contributed by atoms with Gasteiger partial charge in [-0.1, -0.05) is 12.1 Å². The Bertz CT molecular complexity index is 425. The predicted molar refractivity (Wildman–Crippen MR) is 58.2 cm³/mol. The molecule has 1 atom stereocenters. The van der Waals surface area contributed by atoms with E-state index >= 15 is 0 Å². The highest BCUT2D eigenvalue weighted by Gasteiger charge is 2.25. The molecule has 1 aliphatic rings. The molecule has 1 aromatic rings. The minimum absolute atomic E-state index is 0.560. The van der Waals surface area contributed by atoms with Crippen molar-refractivity contribution in [3.63, 3.8) is 0 Å². The fourth-order valence-corrected chi connectivity index (χ4v) is 1.92. The van der Waals surface area contributed by atoms with Crippen molar-refractivity contribution in [1.82, 2.24) is 0 Å². The van der Waals surface area contributed by atoms with Crippen LogP contribution in [0.4, 0.5) is 0 Å². The highest BCUT2D eigenvalue weighted by atomic mass is 16.5. The number of hydrogen-bond donors (Lipinski definition) is 1. The highest BCUT2D eigenvalue weighted by Crippen LogP contribution is 2.41. The van der Waals surface area contributed by atoms with Gasteiger partial charge in [0.25, 0.3) is 0 Å². The normalized spacial score (nSPS) is 15.1. The van der Waals surface area contributed by atoms with Crippen molar-refractivity contribution < 1.29 is 19.4 Å². The van der Waals surface area contributed by atoms with Crippen LogP contribution in [-0.4, -0.2) is 24.8 Å². The number of carboxylic acids is 1. The standard InChI is InChI=1S/C12H14O4/c1-7(12(13)14)9-4-3-8-5-6-16-10(8)11(9)15-2/h3-4,7H,5-6H2,1-2H3,(H,13,14). The molecule has 0 saturated carbocycles. The molecule has 86 valence electrons. The summed E-state index contributed by atoms with van der Waals surface area (Å²) >= 11 is 0. The maximum atomic E-state index is 11.0. The molecule has 0 saturated heterocycles. The van der Waals surface area contributed by atoms with Crippen LogP contribution < -0.4 is 9.47 Å². The summed E-state index contributed by atoms with van der Waals surface area (Å²) in [5.74, 6) is -0.196. The molecule has 0 bridgehead atoms. The van der Waals surface area contributed by atoms with E-state index in [1.54, 1.807) is 6.92 Å². The summed E-state index contributed by atoms with van der Waals surface area (Å²) in [7, 11) is 1.54. The average molecular weight is 222 g/mol. The smallest absolute Gasteiger partial charge is 0.310 e. The molecule has 4 heteroatoms. The van der Waals surface area contributed by atoms with E-state index < -0.39 is 11.9 Å². The second kappa shape index (κ2) is 4.04. The van der Waals surface area contributed by atoms with E-state index in [0.717, 1.165) is 12.0 Å². The topological polar surface area (TPSA) is 55.8 Å². The highest BCUT2D eigenvalue weighted by molar-refractivity contribution is 5.77. The van der Waals surface area contributed by atoms with Gasteiger partial charge in [0.15, 0.2) is 11.5 Å². The van der Waals surface area contributed by atoms with E-state index in [-0.39, 0.29) is 0 Å². The van der Waals surface area contributed by atoms with Gasteiger partial charge in [-0.2, -0.15) is 0 Å². The lowest BCUT2D eigenvalue weighted by Crippen LogP contribution is -2.09. The van der Waals surface area contributed by atoms with Crippen molar-refractivity contribution in [2.75, 3.05) is 13.7 Å². The third-order valence-corrected chi connectivity index (χ3v) is 2.88. The van der Waals surface area contributed by atoms with Crippen LogP contribution in [0, 0.1) is 0 Å². The third kappa shape index (κ3) is 1.60. The maximum Gasteiger partial charge on any atom is 0.310 e. The average Bonchev–Trinajstić information content (AvgIpc) is 2.74. The summed E-state index contributed by atoms with van der Waals surface area (Å²) in [6.07, 6.45) is 0.855. The first kappa shape index (κ1) is 10.8. The van der Waals surface area contributed by atoms with Crippen LogP contribution in [0.5, 0.6) is 11.5 Å². The van der Waals surface area contributed by atoms with Crippen molar-refractivity contribution in [3.8, 4) is 11.5 Å². The van der Waals surface area contributed by atoms with Crippen LogP contribution in [0.3, 0.4) is 0 Å². The van der Waals surface area contributed by atoms with Crippen LogP contribution in [0.25, 0.3) is 0 Å². The predicted octanol–water partition coefficient (Wildman–Crippen LogP) is 1.82. The van der Waals surface area contributed by atoms with E-state index in [2.05, 4.69) is 0 Å². The molecule has 2 rings (SSSR count). The maximum absolute atomic E-state index is 11.0. The fourth-order valence-electron chi connectivity index (χ4n) is 1.92. The van der Waals surface area contributed by atoms with Crippen molar-refractivity contribution in [1.29, 1.82) is 0 Å². The number of rotatable bonds is 3. The monoisotopic (exact) mass is 222 g/mol. The number of carboxylic acid groups (broad SMARTS) is 1. The summed E-state index contributed by atoms with van der Waals surface area (Å²) in [5, 5.41) is 9.01. The van der Waals surface area contributed by atoms with Crippen molar-refractivity contribution in [2.45, 2.75) is 19.3 Å². The number of ether oxygens (including phenoxy) is 2. The zero-order valence-corrected chi connectivity index (χ0v) is 9.32. The van der Waals surface area contributed by atoms with Gasteiger partial charge >= 0.3 is 5.97 Å². The van der Waals surface area contributed by atoms with Gasteiger partial charge in [-0.05, 0) is 6.92 Å².